The number of hydrogen-bond acceptors (Lipinski definition) is 3. The molecule has 0 aliphatic carbocycles. The number of nitrogens with one attached hydrogen (secondary N) is 2. The van der Waals surface area contributed by atoms with Crippen LogP contribution in [0.4, 0.5) is 13.2 Å². The first kappa shape index (κ1) is 19.8. The van der Waals surface area contributed by atoms with Crippen LogP contribution in [0.2, 0.25) is 0 Å². The van der Waals surface area contributed by atoms with Crippen LogP contribution >= 0.6 is 0 Å². The summed E-state index contributed by atoms with van der Waals surface area (Å²) in [6, 6.07) is 1.04. The quantitative estimate of drug-likeness (QED) is 0.868. The lowest BCUT2D eigenvalue weighted by molar-refractivity contribution is -0.141. The summed E-state index contributed by atoms with van der Waals surface area (Å²) in [5.74, 6) is -0.165. The minimum atomic E-state index is -4.47. The first-order valence-corrected chi connectivity index (χ1v) is 8.48. The molecular formula is C17H27F3N4O. The number of aryl methyl sites for hydroxylation is 2. The minimum absolute atomic E-state index is 0.0446. The molecule has 5 nitrogen and oxygen atoms in total. The van der Waals surface area contributed by atoms with Gasteiger partial charge in [-0.2, -0.15) is 18.3 Å². The average molecular weight is 360 g/mol. The van der Waals surface area contributed by atoms with E-state index in [2.05, 4.69) is 43.4 Å². The van der Waals surface area contributed by atoms with Crippen molar-refractivity contribution in [2.45, 2.75) is 83.7 Å². The molecule has 0 bridgehead atoms. The fraction of sp³-hybridized carbons (Fsp3) is 0.765. The number of carbonyl (C=O) groups is 1. The van der Waals surface area contributed by atoms with E-state index >= 15 is 0 Å². The largest absolute Gasteiger partial charge is 0.435 e. The van der Waals surface area contributed by atoms with E-state index in [0.29, 0.717) is 5.69 Å². The molecule has 0 atom stereocenters. The lowest BCUT2D eigenvalue weighted by atomic mass is 9.79. The number of piperidine rings is 1. The SMILES string of the molecule is Cc1cc(C(F)(F)F)nn1CCC(=O)NC1CC(C)(C)NC(C)(C)C1. The van der Waals surface area contributed by atoms with Crippen molar-refractivity contribution < 1.29 is 18.0 Å². The van der Waals surface area contributed by atoms with Crippen molar-refractivity contribution in [3.8, 4) is 0 Å². The minimum Gasteiger partial charge on any atom is -0.353 e. The van der Waals surface area contributed by atoms with E-state index in [1.807, 2.05) is 0 Å². The standard InChI is InChI=1S/C17H27F3N4O/c1-11-8-13(17(18,19)20)22-24(11)7-6-14(25)21-12-9-15(2,3)23-16(4,5)10-12/h8,12,23H,6-7,9-10H2,1-5H3,(H,21,25). The Morgan fingerprint density at radius 1 is 1.32 bits per heavy atom. The van der Waals surface area contributed by atoms with Crippen molar-refractivity contribution in [3.05, 3.63) is 17.5 Å². The van der Waals surface area contributed by atoms with Crippen molar-refractivity contribution in [2.75, 3.05) is 0 Å². The molecule has 1 aliphatic rings. The van der Waals surface area contributed by atoms with Crippen molar-refractivity contribution >= 4 is 5.91 Å². The summed E-state index contributed by atoms with van der Waals surface area (Å²) in [6.07, 6.45) is -2.75. The molecule has 2 rings (SSSR count). The molecule has 2 N–H and O–H groups in total. The molecule has 0 saturated carbocycles. The monoisotopic (exact) mass is 360 g/mol. The number of amides is 1. The van der Waals surface area contributed by atoms with Crippen molar-refractivity contribution in [1.29, 1.82) is 0 Å². The Hall–Kier alpha value is -1.57. The van der Waals surface area contributed by atoms with E-state index in [0.717, 1.165) is 18.9 Å². The molecule has 1 aliphatic heterocycles. The molecule has 25 heavy (non-hydrogen) atoms. The van der Waals surface area contributed by atoms with Gasteiger partial charge >= 0.3 is 6.18 Å². The highest BCUT2D eigenvalue weighted by Crippen LogP contribution is 2.29. The fourth-order valence-electron chi connectivity index (χ4n) is 3.81. The highest BCUT2D eigenvalue weighted by Gasteiger charge is 2.38. The highest BCUT2D eigenvalue weighted by molar-refractivity contribution is 5.76. The number of rotatable bonds is 4. The van der Waals surface area contributed by atoms with Crippen LogP contribution in [-0.2, 0) is 17.5 Å². The molecule has 0 unspecified atom stereocenters. The van der Waals surface area contributed by atoms with Crippen LogP contribution in [0.1, 0.15) is 58.3 Å². The molecule has 0 aromatic carbocycles. The van der Waals surface area contributed by atoms with Crippen molar-refractivity contribution in [2.24, 2.45) is 0 Å². The van der Waals surface area contributed by atoms with Crippen LogP contribution in [0.15, 0.2) is 6.07 Å². The molecule has 1 fully saturated rings. The lowest BCUT2D eigenvalue weighted by Gasteiger charge is -2.46. The van der Waals surface area contributed by atoms with Crippen LogP contribution < -0.4 is 10.6 Å². The van der Waals surface area contributed by atoms with E-state index in [1.54, 1.807) is 6.92 Å². The second-order valence-electron chi connectivity index (χ2n) is 8.21. The average Bonchev–Trinajstić information content (AvgIpc) is 2.73. The Bertz CT molecular complexity index is 618. The first-order valence-electron chi connectivity index (χ1n) is 8.48. The molecule has 1 amide bonds. The second kappa shape index (κ2) is 6.63. The first-order chi connectivity index (χ1) is 11.3. The number of nitrogens with zero attached hydrogens (tertiary/aromatic N) is 2. The third kappa shape index (κ3) is 5.45. The molecule has 1 aromatic rings. The topological polar surface area (TPSA) is 59.0 Å². The number of halogens is 3. The summed E-state index contributed by atoms with van der Waals surface area (Å²) in [5.41, 5.74) is -0.698. The molecule has 1 aromatic heterocycles. The van der Waals surface area contributed by atoms with Gasteiger partial charge in [0.2, 0.25) is 5.91 Å². The normalized spacial score (nSPS) is 20.5. The van der Waals surface area contributed by atoms with Gasteiger partial charge in [0.25, 0.3) is 0 Å². The van der Waals surface area contributed by atoms with Crippen LogP contribution in [-0.4, -0.2) is 32.8 Å². The maximum atomic E-state index is 12.7. The van der Waals surface area contributed by atoms with Crippen LogP contribution in [0.25, 0.3) is 0 Å². The Kier molecular flexibility index (Phi) is 5.23. The fourth-order valence-corrected chi connectivity index (χ4v) is 3.81. The number of carbonyl (C=O) groups excluding carboxylic acids is 1. The number of hydrogen-bond donors (Lipinski definition) is 2. The van der Waals surface area contributed by atoms with Gasteiger partial charge in [-0.3, -0.25) is 9.48 Å². The molecule has 8 heteroatoms. The predicted molar refractivity (Wildman–Crippen MR) is 89.0 cm³/mol. The summed E-state index contributed by atoms with van der Waals surface area (Å²) in [5, 5.41) is 10.1. The van der Waals surface area contributed by atoms with Crippen LogP contribution in [0, 0.1) is 6.92 Å². The van der Waals surface area contributed by atoms with E-state index < -0.39 is 11.9 Å². The third-order valence-corrected chi connectivity index (χ3v) is 4.38. The van der Waals surface area contributed by atoms with Crippen molar-refractivity contribution in [1.82, 2.24) is 20.4 Å². The summed E-state index contributed by atoms with van der Waals surface area (Å²) in [6.45, 7) is 10.1. The van der Waals surface area contributed by atoms with Gasteiger partial charge < -0.3 is 10.6 Å². The predicted octanol–water partition coefficient (Wildman–Crippen LogP) is 3.03. The maximum Gasteiger partial charge on any atom is 0.435 e. The van der Waals surface area contributed by atoms with Gasteiger partial charge in [0.15, 0.2) is 5.69 Å². The second-order valence-corrected chi connectivity index (χ2v) is 8.21. The van der Waals surface area contributed by atoms with Gasteiger partial charge in [-0.05, 0) is 53.5 Å². The Morgan fingerprint density at radius 3 is 2.36 bits per heavy atom. The zero-order chi connectivity index (χ0) is 19.0. The van der Waals surface area contributed by atoms with Gasteiger partial charge in [0.05, 0.1) is 0 Å². The van der Waals surface area contributed by atoms with Gasteiger partial charge in [-0.15, -0.1) is 0 Å². The molecule has 0 radical (unpaired) electrons. The molecule has 142 valence electrons. The van der Waals surface area contributed by atoms with E-state index in [1.165, 1.54) is 4.68 Å². The van der Waals surface area contributed by atoms with Crippen LogP contribution in [0.5, 0.6) is 0 Å². The van der Waals surface area contributed by atoms with E-state index in [9.17, 15) is 18.0 Å². The summed E-state index contributed by atoms with van der Waals surface area (Å²) < 4.78 is 39.3. The van der Waals surface area contributed by atoms with Gasteiger partial charge in [0.1, 0.15) is 0 Å². The van der Waals surface area contributed by atoms with Crippen LogP contribution in [0.3, 0.4) is 0 Å². The van der Waals surface area contributed by atoms with Gasteiger partial charge in [-0.25, -0.2) is 0 Å². The molecular weight excluding hydrogens is 333 g/mol. The number of alkyl halides is 3. The number of aromatic nitrogens is 2. The Labute approximate surface area is 146 Å². The Balaban J connectivity index is 1.92. The zero-order valence-electron chi connectivity index (χ0n) is 15.4. The molecule has 1 saturated heterocycles. The highest BCUT2D eigenvalue weighted by atomic mass is 19.4. The molecule has 2 heterocycles. The van der Waals surface area contributed by atoms with E-state index in [4.69, 9.17) is 0 Å². The zero-order valence-corrected chi connectivity index (χ0v) is 15.4. The third-order valence-electron chi connectivity index (χ3n) is 4.38. The van der Waals surface area contributed by atoms with E-state index in [-0.39, 0.29) is 36.0 Å². The summed E-state index contributed by atoms with van der Waals surface area (Å²) >= 11 is 0. The van der Waals surface area contributed by atoms with Gasteiger partial charge in [-0.1, -0.05) is 0 Å². The maximum absolute atomic E-state index is 12.7. The Morgan fingerprint density at radius 2 is 1.88 bits per heavy atom. The van der Waals surface area contributed by atoms with Gasteiger partial charge in [0, 0.05) is 35.8 Å². The van der Waals surface area contributed by atoms with Crippen molar-refractivity contribution in [3.63, 3.8) is 0 Å². The smallest absolute Gasteiger partial charge is 0.353 e. The molecule has 0 spiro atoms. The summed E-state index contributed by atoms with van der Waals surface area (Å²) in [7, 11) is 0. The lowest BCUT2D eigenvalue weighted by Crippen LogP contribution is -2.62. The summed E-state index contributed by atoms with van der Waals surface area (Å²) in [4.78, 5) is 12.2.